The quantitative estimate of drug-likeness (QED) is 0.159. The Morgan fingerprint density at radius 1 is 0.824 bits per heavy atom. The lowest BCUT2D eigenvalue weighted by Crippen LogP contribution is -2.17. The molecule has 3 aromatic rings. The SMILES string of the molecule is O=C1NC(=S)S/C1=C\c1ccc(OC(=O)c2ccc(Br)cc2)c(OC(=O)c2ccc(Br)cc2)c1. The van der Waals surface area contributed by atoms with E-state index < -0.39 is 11.9 Å². The molecule has 1 N–H and O–H groups in total. The minimum Gasteiger partial charge on any atom is -0.419 e. The second-order valence-corrected chi connectivity index (χ2v) is 10.4. The molecule has 4 rings (SSSR count). The van der Waals surface area contributed by atoms with Crippen LogP contribution < -0.4 is 14.8 Å². The van der Waals surface area contributed by atoms with Crippen LogP contribution in [0.25, 0.3) is 6.08 Å². The van der Waals surface area contributed by atoms with Crippen LogP contribution in [0.3, 0.4) is 0 Å². The van der Waals surface area contributed by atoms with Gasteiger partial charge in [-0.05, 0) is 72.3 Å². The first-order chi connectivity index (χ1) is 16.3. The number of thioether (sulfide) groups is 1. The van der Waals surface area contributed by atoms with Crippen LogP contribution in [0.1, 0.15) is 26.3 Å². The van der Waals surface area contributed by atoms with E-state index in [9.17, 15) is 14.4 Å². The van der Waals surface area contributed by atoms with Crippen LogP contribution in [0.5, 0.6) is 11.5 Å². The van der Waals surface area contributed by atoms with Crippen molar-refractivity contribution in [2.24, 2.45) is 0 Å². The number of carbonyl (C=O) groups excluding carboxylic acids is 3. The van der Waals surface area contributed by atoms with Crippen LogP contribution >= 0.6 is 55.8 Å². The lowest BCUT2D eigenvalue weighted by atomic mass is 10.1. The van der Waals surface area contributed by atoms with Crippen molar-refractivity contribution >= 4 is 84.1 Å². The fourth-order valence-electron chi connectivity index (χ4n) is 2.84. The van der Waals surface area contributed by atoms with Crippen molar-refractivity contribution in [1.29, 1.82) is 0 Å². The number of nitrogens with one attached hydrogen (secondary N) is 1. The molecule has 3 aromatic carbocycles. The molecule has 0 unspecified atom stereocenters. The Labute approximate surface area is 221 Å². The molecule has 1 heterocycles. The standard InChI is InChI=1S/C24H13Br2NO5S2/c25-16-6-2-14(3-7-16)22(29)31-18-10-1-13(12-20-21(28)27-24(33)34-20)11-19(18)32-23(30)15-4-8-17(26)9-5-15/h1-12H,(H,27,28,33)/b20-12-. The molecule has 1 aliphatic rings. The molecule has 0 atom stereocenters. The van der Waals surface area contributed by atoms with E-state index in [1.54, 1.807) is 60.7 Å². The summed E-state index contributed by atoms with van der Waals surface area (Å²) in [7, 11) is 0. The fourth-order valence-corrected chi connectivity index (χ4v) is 4.41. The van der Waals surface area contributed by atoms with Gasteiger partial charge in [0.1, 0.15) is 4.32 Å². The summed E-state index contributed by atoms with van der Waals surface area (Å²) in [5.74, 6) is -1.48. The molecule has 1 aliphatic heterocycles. The molecule has 0 aliphatic carbocycles. The van der Waals surface area contributed by atoms with Gasteiger partial charge in [-0.2, -0.15) is 0 Å². The van der Waals surface area contributed by atoms with Gasteiger partial charge in [0.05, 0.1) is 16.0 Å². The van der Waals surface area contributed by atoms with Crippen LogP contribution in [0.2, 0.25) is 0 Å². The molecule has 34 heavy (non-hydrogen) atoms. The number of halogens is 2. The van der Waals surface area contributed by atoms with Gasteiger partial charge in [0, 0.05) is 8.95 Å². The maximum absolute atomic E-state index is 12.7. The summed E-state index contributed by atoms with van der Waals surface area (Å²) < 4.78 is 13.1. The van der Waals surface area contributed by atoms with Gasteiger partial charge >= 0.3 is 11.9 Å². The number of hydrogen-bond donors (Lipinski definition) is 1. The van der Waals surface area contributed by atoms with E-state index in [2.05, 4.69) is 37.2 Å². The zero-order valence-corrected chi connectivity index (χ0v) is 21.8. The summed E-state index contributed by atoms with van der Waals surface area (Å²) in [4.78, 5) is 37.8. The molecule has 0 bridgehead atoms. The molecule has 10 heteroatoms. The third-order valence-corrected chi connectivity index (χ3v) is 6.69. The first-order valence-corrected chi connectivity index (χ1v) is 12.4. The molecular weight excluding hydrogens is 606 g/mol. The van der Waals surface area contributed by atoms with Gasteiger partial charge in [-0.25, -0.2) is 9.59 Å². The monoisotopic (exact) mass is 617 g/mol. The molecular formula is C24H13Br2NO5S2. The van der Waals surface area contributed by atoms with E-state index in [0.29, 0.717) is 25.9 Å². The highest BCUT2D eigenvalue weighted by atomic mass is 79.9. The highest BCUT2D eigenvalue weighted by molar-refractivity contribution is 9.10. The number of amides is 1. The van der Waals surface area contributed by atoms with E-state index in [0.717, 1.165) is 20.7 Å². The third kappa shape index (κ3) is 6.01. The van der Waals surface area contributed by atoms with Gasteiger partial charge in [0.15, 0.2) is 11.5 Å². The Balaban J connectivity index is 1.65. The Morgan fingerprint density at radius 2 is 1.35 bits per heavy atom. The second-order valence-electron chi connectivity index (χ2n) is 6.85. The molecule has 0 saturated carbocycles. The normalized spacial score (nSPS) is 14.1. The van der Waals surface area contributed by atoms with Crippen molar-refractivity contribution in [2.45, 2.75) is 0 Å². The average Bonchev–Trinajstić information content (AvgIpc) is 3.12. The van der Waals surface area contributed by atoms with Gasteiger partial charge in [-0.3, -0.25) is 4.79 Å². The van der Waals surface area contributed by atoms with E-state index in [1.807, 2.05) is 0 Å². The number of hydrogen-bond acceptors (Lipinski definition) is 7. The van der Waals surface area contributed by atoms with Crippen LogP contribution in [-0.2, 0) is 4.79 Å². The van der Waals surface area contributed by atoms with Crippen LogP contribution in [0, 0.1) is 0 Å². The molecule has 0 aromatic heterocycles. The minimum absolute atomic E-state index is 0.0266. The summed E-state index contributed by atoms with van der Waals surface area (Å²) in [6, 6.07) is 17.9. The van der Waals surface area contributed by atoms with Gasteiger partial charge < -0.3 is 14.8 Å². The summed E-state index contributed by atoms with van der Waals surface area (Å²) in [6.07, 6.45) is 1.61. The average molecular weight is 619 g/mol. The van der Waals surface area contributed by atoms with Crippen molar-refractivity contribution < 1.29 is 23.9 Å². The predicted octanol–water partition coefficient (Wildman–Crippen LogP) is 6.14. The fraction of sp³-hybridized carbons (Fsp3) is 0. The van der Waals surface area contributed by atoms with Crippen molar-refractivity contribution in [3.8, 4) is 11.5 Å². The summed E-state index contributed by atoms with van der Waals surface area (Å²) in [5, 5.41) is 2.54. The minimum atomic E-state index is -0.632. The molecule has 1 saturated heterocycles. The van der Waals surface area contributed by atoms with Gasteiger partial charge in [0.25, 0.3) is 5.91 Å². The lowest BCUT2D eigenvalue weighted by molar-refractivity contribution is -0.115. The number of esters is 2. The molecule has 0 spiro atoms. The summed E-state index contributed by atoms with van der Waals surface area (Å²) in [6.45, 7) is 0. The maximum Gasteiger partial charge on any atom is 0.343 e. The summed E-state index contributed by atoms with van der Waals surface area (Å²) in [5.41, 5.74) is 1.20. The van der Waals surface area contributed by atoms with Crippen LogP contribution in [0.15, 0.2) is 80.6 Å². The third-order valence-electron chi connectivity index (χ3n) is 4.47. The number of ether oxygens (including phenoxy) is 2. The first-order valence-electron chi connectivity index (χ1n) is 9.63. The Morgan fingerprint density at radius 3 is 1.85 bits per heavy atom. The largest absolute Gasteiger partial charge is 0.419 e. The van der Waals surface area contributed by atoms with Crippen molar-refractivity contribution in [1.82, 2.24) is 5.32 Å². The Hall–Kier alpha value is -2.79. The first kappa shape index (κ1) is 24.3. The molecule has 1 fully saturated rings. The number of thiocarbonyl (C=S) groups is 1. The van der Waals surface area contributed by atoms with E-state index in [4.69, 9.17) is 21.7 Å². The molecule has 170 valence electrons. The van der Waals surface area contributed by atoms with Crippen molar-refractivity contribution in [2.75, 3.05) is 0 Å². The topological polar surface area (TPSA) is 81.7 Å². The van der Waals surface area contributed by atoms with Crippen molar-refractivity contribution in [3.63, 3.8) is 0 Å². The van der Waals surface area contributed by atoms with E-state index in [1.165, 1.54) is 12.1 Å². The maximum atomic E-state index is 12.7. The number of rotatable bonds is 5. The van der Waals surface area contributed by atoms with E-state index >= 15 is 0 Å². The van der Waals surface area contributed by atoms with Crippen LogP contribution in [0.4, 0.5) is 0 Å². The zero-order valence-electron chi connectivity index (χ0n) is 17.0. The molecule has 1 amide bonds. The zero-order chi connectivity index (χ0) is 24.2. The predicted molar refractivity (Wildman–Crippen MR) is 141 cm³/mol. The highest BCUT2D eigenvalue weighted by Gasteiger charge is 2.23. The van der Waals surface area contributed by atoms with Gasteiger partial charge in [-0.1, -0.05) is 61.9 Å². The Kier molecular flexibility index (Phi) is 7.62. The van der Waals surface area contributed by atoms with Crippen LogP contribution in [-0.4, -0.2) is 22.2 Å². The Bertz CT molecular complexity index is 1340. The lowest BCUT2D eigenvalue weighted by Gasteiger charge is -2.12. The van der Waals surface area contributed by atoms with E-state index in [-0.39, 0.29) is 17.4 Å². The summed E-state index contributed by atoms with van der Waals surface area (Å²) >= 11 is 12.8. The van der Waals surface area contributed by atoms with Gasteiger partial charge in [0.2, 0.25) is 0 Å². The smallest absolute Gasteiger partial charge is 0.343 e. The second kappa shape index (κ2) is 10.6. The number of benzene rings is 3. The number of carbonyl (C=O) groups is 3. The van der Waals surface area contributed by atoms with Crippen molar-refractivity contribution in [3.05, 3.63) is 97.3 Å². The molecule has 6 nitrogen and oxygen atoms in total. The highest BCUT2D eigenvalue weighted by Crippen LogP contribution is 2.33. The molecule has 0 radical (unpaired) electrons. The van der Waals surface area contributed by atoms with Gasteiger partial charge in [-0.15, -0.1) is 0 Å².